The van der Waals surface area contributed by atoms with Crippen LogP contribution in [0.15, 0.2) is 0 Å². The molecule has 4 atom stereocenters. The van der Waals surface area contributed by atoms with Crippen LogP contribution in [-0.2, 0) is 19.6 Å². The van der Waals surface area contributed by atoms with Crippen molar-refractivity contribution in [1.82, 2.24) is 14.5 Å². The van der Waals surface area contributed by atoms with Gasteiger partial charge in [-0.05, 0) is 51.9 Å². The summed E-state index contributed by atoms with van der Waals surface area (Å²) in [5.74, 6) is -0.720. The molecular formula is C18H29N3O5S. The Morgan fingerprint density at radius 3 is 2.59 bits per heavy atom. The van der Waals surface area contributed by atoms with E-state index in [1.807, 2.05) is 6.92 Å². The van der Waals surface area contributed by atoms with Gasteiger partial charge in [0.2, 0.25) is 15.9 Å². The normalized spacial score (nSPS) is 36.1. The third-order valence-corrected chi connectivity index (χ3v) is 8.68. The van der Waals surface area contributed by atoms with Crippen LogP contribution in [0, 0.1) is 5.92 Å². The summed E-state index contributed by atoms with van der Waals surface area (Å²) in [6, 6.07) is -0.518. The predicted molar refractivity (Wildman–Crippen MR) is 98.5 cm³/mol. The molecule has 2 aliphatic heterocycles. The average molecular weight is 400 g/mol. The van der Waals surface area contributed by atoms with Crippen molar-refractivity contribution >= 4 is 22.0 Å². The second kappa shape index (κ2) is 6.70. The summed E-state index contributed by atoms with van der Waals surface area (Å²) in [7, 11) is -1.98. The van der Waals surface area contributed by atoms with E-state index in [1.165, 1.54) is 7.05 Å². The van der Waals surface area contributed by atoms with Crippen LogP contribution in [0.4, 0.5) is 4.79 Å². The van der Waals surface area contributed by atoms with E-state index in [4.69, 9.17) is 4.74 Å². The minimum absolute atomic E-state index is 0.00846. The highest BCUT2D eigenvalue weighted by Gasteiger charge is 2.51. The molecule has 3 amide bonds. The van der Waals surface area contributed by atoms with Gasteiger partial charge in [0.1, 0.15) is 0 Å². The summed E-state index contributed by atoms with van der Waals surface area (Å²) in [6.45, 7) is 3.10. The van der Waals surface area contributed by atoms with Crippen LogP contribution >= 0.6 is 0 Å². The van der Waals surface area contributed by atoms with Gasteiger partial charge in [0, 0.05) is 31.8 Å². The number of sulfonamides is 1. The van der Waals surface area contributed by atoms with Gasteiger partial charge in [-0.15, -0.1) is 0 Å². The van der Waals surface area contributed by atoms with Crippen molar-refractivity contribution in [2.24, 2.45) is 5.92 Å². The Labute approximate surface area is 160 Å². The minimum atomic E-state index is -3.47. The van der Waals surface area contributed by atoms with Gasteiger partial charge in [-0.3, -0.25) is 9.69 Å². The van der Waals surface area contributed by atoms with Crippen molar-refractivity contribution in [1.29, 1.82) is 0 Å². The zero-order valence-corrected chi connectivity index (χ0v) is 16.8. The highest BCUT2D eigenvalue weighted by Crippen LogP contribution is 2.40. The molecule has 1 N–H and O–H groups in total. The molecule has 2 heterocycles. The third-order valence-electron chi connectivity index (χ3n) is 6.60. The maximum Gasteiger partial charge on any atom is 0.326 e. The first-order valence-corrected chi connectivity index (χ1v) is 11.5. The van der Waals surface area contributed by atoms with Crippen LogP contribution in [0.25, 0.3) is 0 Å². The number of hydrogen-bond donors (Lipinski definition) is 1. The topological polar surface area (TPSA) is 96.0 Å². The van der Waals surface area contributed by atoms with Gasteiger partial charge in [-0.2, -0.15) is 0 Å². The van der Waals surface area contributed by atoms with Gasteiger partial charge in [-0.25, -0.2) is 17.9 Å². The minimum Gasteiger partial charge on any atom is -0.376 e. The predicted octanol–water partition coefficient (Wildman–Crippen LogP) is 1.07. The van der Waals surface area contributed by atoms with E-state index in [-0.39, 0.29) is 36.0 Å². The molecule has 0 aromatic rings. The molecule has 0 aromatic heterocycles. The van der Waals surface area contributed by atoms with Crippen molar-refractivity contribution in [3.63, 3.8) is 0 Å². The van der Waals surface area contributed by atoms with Crippen molar-refractivity contribution < 1.29 is 22.7 Å². The molecule has 0 aromatic carbocycles. The largest absolute Gasteiger partial charge is 0.376 e. The number of nitrogens with one attached hydrogen (secondary N) is 1. The summed E-state index contributed by atoms with van der Waals surface area (Å²) in [5.41, 5.74) is -0.315. The number of amides is 3. The number of carbonyl (C=O) groups is 2. The maximum atomic E-state index is 12.8. The number of fused-ring (bicyclic) bond motifs is 1. The van der Waals surface area contributed by atoms with Crippen LogP contribution in [0.3, 0.4) is 0 Å². The highest BCUT2D eigenvalue weighted by molar-refractivity contribution is 7.90. The van der Waals surface area contributed by atoms with E-state index < -0.39 is 21.2 Å². The Morgan fingerprint density at radius 2 is 1.96 bits per heavy atom. The fraction of sp³-hybridized carbons (Fsp3) is 0.889. The van der Waals surface area contributed by atoms with Gasteiger partial charge < -0.3 is 9.64 Å². The van der Waals surface area contributed by atoms with E-state index in [0.29, 0.717) is 26.0 Å². The number of nitrogens with zero attached hydrogens (tertiary/aromatic N) is 2. The zero-order chi connectivity index (χ0) is 19.4. The molecule has 27 heavy (non-hydrogen) atoms. The molecule has 2 saturated heterocycles. The number of ether oxygens (including phenoxy) is 1. The molecule has 4 aliphatic rings. The average Bonchev–Trinajstić information content (AvgIpc) is 3.12. The van der Waals surface area contributed by atoms with E-state index in [1.54, 1.807) is 4.90 Å². The monoisotopic (exact) mass is 399 g/mol. The summed E-state index contributed by atoms with van der Waals surface area (Å²) >= 11 is 0. The van der Waals surface area contributed by atoms with Crippen molar-refractivity contribution in [3.8, 4) is 0 Å². The Kier molecular flexibility index (Phi) is 4.75. The van der Waals surface area contributed by atoms with E-state index >= 15 is 0 Å². The highest BCUT2D eigenvalue weighted by atomic mass is 32.2. The fourth-order valence-electron chi connectivity index (χ4n) is 4.65. The SMILES string of the molecule is CN1C(=O)C2CC(S(=O)(=O)NC3(C)CC3)CCC2N(CC2CCCO2)C1=O. The van der Waals surface area contributed by atoms with Crippen molar-refractivity contribution in [2.75, 3.05) is 20.2 Å². The van der Waals surface area contributed by atoms with Crippen molar-refractivity contribution in [3.05, 3.63) is 0 Å². The number of rotatable bonds is 5. The first-order chi connectivity index (χ1) is 12.7. The van der Waals surface area contributed by atoms with Crippen LogP contribution < -0.4 is 4.72 Å². The smallest absolute Gasteiger partial charge is 0.326 e. The molecule has 2 aliphatic carbocycles. The summed E-state index contributed by atoms with van der Waals surface area (Å²) in [5, 5.41) is -0.577. The lowest BCUT2D eigenvalue weighted by Gasteiger charge is -2.47. The Bertz CT molecular complexity index is 729. The fourth-order valence-corrected chi connectivity index (χ4v) is 6.62. The van der Waals surface area contributed by atoms with Gasteiger partial charge in [0.15, 0.2) is 0 Å². The first kappa shape index (κ1) is 19.1. The molecule has 9 heteroatoms. The Hall–Kier alpha value is -1.19. The van der Waals surface area contributed by atoms with Gasteiger partial charge in [0.05, 0.1) is 17.3 Å². The summed E-state index contributed by atoms with van der Waals surface area (Å²) in [6.07, 6.45) is 4.90. The Balaban J connectivity index is 1.51. The van der Waals surface area contributed by atoms with E-state index in [2.05, 4.69) is 4.72 Å². The Morgan fingerprint density at radius 1 is 1.22 bits per heavy atom. The van der Waals surface area contributed by atoms with Gasteiger partial charge in [0.25, 0.3) is 0 Å². The molecule has 4 fully saturated rings. The molecule has 152 valence electrons. The standard InChI is InChI=1S/C18H29N3O5S/c1-18(7-8-18)19-27(24,25)13-5-6-15-14(10-13)16(22)20(2)17(23)21(15)11-12-4-3-9-26-12/h12-15,19H,3-11H2,1-2H3. The maximum absolute atomic E-state index is 12.8. The quantitative estimate of drug-likeness (QED) is 0.746. The second-order valence-corrected chi connectivity index (χ2v) is 10.7. The molecule has 4 rings (SSSR count). The third kappa shape index (κ3) is 3.61. The van der Waals surface area contributed by atoms with Gasteiger partial charge in [-0.1, -0.05) is 0 Å². The number of carbonyl (C=O) groups excluding carboxylic acids is 2. The van der Waals surface area contributed by atoms with Crippen LogP contribution in [0.1, 0.15) is 51.9 Å². The lowest BCUT2D eigenvalue weighted by atomic mass is 9.80. The molecule has 2 saturated carbocycles. The number of hydrogen-bond acceptors (Lipinski definition) is 5. The van der Waals surface area contributed by atoms with E-state index in [9.17, 15) is 18.0 Å². The van der Waals surface area contributed by atoms with Crippen molar-refractivity contribution in [2.45, 2.75) is 74.8 Å². The summed E-state index contributed by atoms with van der Waals surface area (Å²) < 4.78 is 34.1. The lowest BCUT2D eigenvalue weighted by Crippen LogP contribution is -2.64. The number of imide groups is 1. The van der Waals surface area contributed by atoms with Crippen LogP contribution in [0.2, 0.25) is 0 Å². The first-order valence-electron chi connectivity index (χ1n) is 9.93. The molecule has 0 spiro atoms. The molecule has 4 unspecified atom stereocenters. The lowest BCUT2D eigenvalue weighted by molar-refractivity contribution is -0.139. The van der Waals surface area contributed by atoms with E-state index in [0.717, 1.165) is 30.6 Å². The van der Waals surface area contributed by atoms with Crippen LogP contribution in [0.5, 0.6) is 0 Å². The van der Waals surface area contributed by atoms with Crippen LogP contribution in [-0.4, -0.2) is 73.3 Å². The van der Waals surface area contributed by atoms with Gasteiger partial charge >= 0.3 is 6.03 Å². The molecule has 8 nitrogen and oxygen atoms in total. The summed E-state index contributed by atoms with van der Waals surface area (Å²) in [4.78, 5) is 28.4. The number of urea groups is 1. The second-order valence-electron chi connectivity index (χ2n) is 8.78. The molecule has 0 bridgehead atoms. The zero-order valence-electron chi connectivity index (χ0n) is 16.0. The molecular weight excluding hydrogens is 370 g/mol. The molecule has 0 radical (unpaired) electrons.